The van der Waals surface area contributed by atoms with Crippen LogP contribution in [-0.2, 0) is 16.0 Å². The third-order valence-corrected chi connectivity index (χ3v) is 4.70. The van der Waals surface area contributed by atoms with Crippen LogP contribution in [0.3, 0.4) is 0 Å². The Hall–Kier alpha value is -1.04. The van der Waals surface area contributed by atoms with Gasteiger partial charge in [-0.2, -0.15) is 0 Å². The maximum absolute atomic E-state index is 13.6. The van der Waals surface area contributed by atoms with E-state index in [0.29, 0.717) is 31.0 Å². The van der Waals surface area contributed by atoms with Crippen LogP contribution in [0.5, 0.6) is 0 Å². The molecule has 1 saturated heterocycles. The second-order valence-corrected chi connectivity index (χ2v) is 6.10. The molecule has 0 amide bonds. The molecule has 0 saturated carbocycles. The Balaban J connectivity index is 1.79. The number of ether oxygens (including phenoxy) is 2. The molecule has 1 aromatic rings. The predicted octanol–water partition coefficient (Wildman–Crippen LogP) is 3.68. The molecule has 1 aliphatic rings. The lowest BCUT2D eigenvalue weighted by Crippen LogP contribution is -2.43. The number of benzene rings is 1. The predicted molar refractivity (Wildman–Crippen MR) is 81.0 cm³/mol. The van der Waals surface area contributed by atoms with Crippen molar-refractivity contribution in [2.75, 3.05) is 13.2 Å². The van der Waals surface area contributed by atoms with E-state index in [-0.39, 0.29) is 12.1 Å². The van der Waals surface area contributed by atoms with Crippen LogP contribution in [0.25, 0.3) is 0 Å². The fraction of sp³-hybridized carbons (Fsp3) is 0.647. The van der Waals surface area contributed by atoms with E-state index in [0.717, 1.165) is 12.5 Å². The van der Waals surface area contributed by atoms with Crippen LogP contribution in [0.2, 0.25) is 0 Å². The minimum atomic E-state index is -0.841. The van der Waals surface area contributed by atoms with E-state index in [2.05, 4.69) is 26.1 Å². The van der Waals surface area contributed by atoms with Gasteiger partial charge in [0.25, 0.3) is 0 Å². The highest BCUT2D eigenvalue weighted by Crippen LogP contribution is 2.26. The van der Waals surface area contributed by atoms with E-state index < -0.39 is 18.0 Å². The molecule has 3 nitrogen and oxygen atoms in total. The molecular weight excluding hydrogens is 288 g/mol. The topological polar surface area (TPSA) is 30.5 Å². The third kappa shape index (κ3) is 4.24. The quantitative estimate of drug-likeness (QED) is 0.869. The Morgan fingerprint density at radius 1 is 1.23 bits per heavy atom. The van der Waals surface area contributed by atoms with E-state index >= 15 is 0 Å². The maximum atomic E-state index is 13.6. The van der Waals surface area contributed by atoms with E-state index in [9.17, 15) is 8.78 Å². The number of halogens is 2. The van der Waals surface area contributed by atoms with Crippen molar-refractivity contribution in [3.63, 3.8) is 0 Å². The average Bonchev–Trinajstić information content (AvgIpc) is 2.55. The van der Waals surface area contributed by atoms with Crippen molar-refractivity contribution in [2.45, 2.75) is 40.2 Å². The molecule has 2 rings (SSSR count). The minimum absolute atomic E-state index is 0.167. The van der Waals surface area contributed by atoms with Gasteiger partial charge in [-0.15, -0.1) is 0 Å². The molecule has 1 fully saturated rings. The van der Waals surface area contributed by atoms with Crippen LogP contribution in [0, 0.1) is 29.4 Å². The molecule has 1 heterocycles. The summed E-state index contributed by atoms with van der Waals surface area (Å²) in [5.41, 5.74) is 0.266. The molecule has 1 N–H and O–H groups in total. The van der Waals surface area contributed by atoms with Crippen LogP contribution in [0.1, 0.15) is 32.8 Å². The lowest BCUT2D eigenvalue weighted by molar-refractivity contribution is -0.224. The normalized spacial score (nSPS) is 25.0. The van der Waals surface area contributed by atoms with Gasteiger partial charge < -0.3 is 9.47 Å². The van der Waals surface area contributed by atoms with Crippen LogP contribution >= 0.6 is 0 Å². The first-order valence-electron chi connectivity index (χ1n) is 7.92. The molecule has 0 aromatic heterocycles. The zero-order valence-electron chi connectivity index (χ0n) is 13.4. The maximum Gasteiger partial charge on any atom is 0.216 e. The summed E-state index contributed by atoms with van der Waals surface area (Å²) < 4.78 is 38.0. The fourth-order valence-corrected chi connectivity index (χ4v) is 2.65. The summed E-state index contributed by atoms with van der Waals surface area (Å²) in [6.45, 7) is 8.05. The number of nitrogens with one attached hydrogen (secondary N) is 1. The van der Waals surface area contributed by atoms with Crippen molar-refractivity contribution < 1.29 is 18.3 Å². The highest BCUT2D eigenvalue weighted by atomic mass is 19.2. The zero-order chi connectivity index (χ0) is 16.1. The molecule has 1 aliphatic heterocycles. The van der Waals surface area contributed by atoms with Crippen molar-refractivity contribution in [3.05, 3.63) is 35.4 Å². The molecule has 0 bridgehead atoms. The summed E-state index contributed by atoms with van der Waals surface area (Å²) in [7, 11) is 0. The molecular formula is C17H25F2NO2. The number of hydrogen-bond donors (Lipinski definition) is 1. The van der Waals surface area contributed by atoms with Crippen molar-refractivity contribution in [3.8, 4) is 0 Å². The lowest BCUT2D eigenvalue weighted by atomic mass is 9.83. The van der Waals surface area contributed by atoms with E-state index in [1.165, 1.54) is 6.07 Å². The molecule has 1 aromatic carbocycles. The molecule has 0 spiro atoms. The van der Waals surface area contributed by atoms with Gasteiger partial charge in [-0.1, -0.05) is 39.3 Å². The lowest BCUT2D eigenvalue weighted by Gasteiger charge is -2.35. The van der Waals surface area contributed by atoms with Crippen molar-refractivity contribution >= 4 is 0 Å². The SMILES string of the molecule is CC[C@H](C)C(C)C1COC(NCc2cccc(F)c2F)OC1. The van der Waals surface area contributed by atoms with Crippen LogP contribution in [-0.4, -0.2) is 19.6 Å². The summed E-state index contributed by atoms with van der Waals surface area (Å²) in [5, 5.41) is 2.96. The van der Waals surface area contributed by atoms with Gasteiger partial charge >= 0.3 is 0 Å². The van der Waals surface area contributed by atoms with Crippen molar-refractivity contribution in [2.24, 2.45) is 17.8 Å². The van der Waals surface area contributed by atoms with E-state index in [1.807, 2.05) is 0 Å². The third-order valence-electron chi connectivity index (χ3n) is 4.70. The molecule has 0 radical (unpaired) electrons. The summed E-state index contributed by atoms with van der Waals surface area (Å²) in [5.74, 6) is -0.130. The van der Waals surface area contributed by atoms with Gasteiger partial charge in [0.1, 0.15) is 0 Å². The molecule has 1 unspecified atom stereocenters. The Bertz CT molecular complexity index is 476. The molecule has 124 valence electrons. The van der Waals surface area contributed by atoms with Gasteiger partial charge in [-0.05, 0) is 17.9 Å². The van der Waals surface area contributed by atoms with Gasteiger partial charge in [0, 0.05) is 18.0 Å². The van der Waals surface area contributed by atoms with Crippen molar-refractivity contribution in [1.29, 1.82) is 0 Å². The molecule has 2 atom stereocenters. The summed E-state index contributed by atoms with van der Waals surface area (Å²) in [4.78, 5) is 0. The standard InChI is InChI=1S/C17H25F2NO2/c1-4-11(2)12(3)14-9-21-17(22-10-14)20-8-13-6-5-7-15(18)16(13)19/h5-7,11-12,14,17,20H,4,8-10H2,1-3H3/t11-,12?,14?,17?/m0/s1. The van der Waals surface area contributed by atoms with Gasteiger partial charge in [0.2, 0.25) is 6.41 Å². The highest BCUT2D eigenvalue weighted by Gasteiger charge is 2.28. The number of hydrogen-bond acceptors (Lipinski definition) is 3. The summed E-state index contributed by atoms with van der Waals surface area (Å²) in [6, 6.07) is 4.14. The Kier molecular flexibility index (Phi) is 6.29. The van der Waals surface area contributed by atoms with E-state index in [4.69, 9.17) is 9.47 Å². The van der Waals surface area contributed by atoms with Gasteiger partial charge in [-0.25, -0.2) is 8.78 Å². The zero-order valence-corrected chi connectivity index (χ0v) is 13.4. The first-order valence-corrected chi connectivity index (χ1v) is 7.92. The van der Waals surface area contributed by atoms with E-state index in [1.54, 1.807) is 6.07 Å². The van der Waals surface area contributed by atoms with Gasteiger partial charge in [0.05, 0.1) is 13.2 Å². The Morgan fingerprint density at radius 2 is 1.91 bits per heavy atom. The molecule has 5 heteroatoms. The summed E-state index contributed by atoms with van der Waals surface area (Å²) in [6.07, 6.45) is 0.570. The first kappa shape index (κ1) is 17.3. The Labute approximate surface area is 131 Å². The van der Waals surface area contributed by atoms with Crippen LogP contribution in [0.15, 0.2) is 18.2 Å². The number of rotatable bonds is 6. The average molecular weight is 313 g/mol. The fourth-order valence-electron chi connectivity index (χ4n) is 2.65. The first-order chi connectivity index (χ1) is 10.5. The largest absolute Gasteiger partial charge is 0.339 e. The summed E-state index contributed by atoms with van der Waals surface area (Å²) >= 11 is 0. The smallest absolute Gasteiger partial charge is 0.216 e. The van der Waals surface area contributed by atoms with Gasteiger partial charge in [0.15, 0.2) is 11.6 Å². The molecule has 0 aliphatic carbocycles. The van der Waals surface area contributed by atoms with Crippen LogP contribution < -0.4 is 5.32 Å². The second-order valence-electron chi connectivity index (χ2n) is 6.10. The second kappa shape index (κ2) is 7.99. The monoisotopic (exact) mass is 313 g/mol. The highest BCUT2D eigenvalue weighted by molar-refractivity contribution is 5.18. The van der Waals surface area contributed by atoms with Crippen molar-refractivity contribution in [1.82, 2.24) is 5.32 Å². The minimum Gasteiger partial charge on any atom is -0.339 e. The molecule has 22 heavy (non-hydrogen) atoms. The Morgan fingerprint density at radius 3 is 2.55 bits per heavy atom. The van der Waals surface area contributed by atoms with Gasteiger partial charge in [-0.3, -0.25) is 5.32 Å². The van der Waals surface area contributed by atoms with Crippen LogP contribution in [0.4, 0.5) is 8.78 Å².